The number of hydrogen-bond donors (Lipinski definition) is 0. The molecule has 9 aromatic carbocycles. The van der Waals surface area contributed by atoms with Gasteiger partial charge in [-0.1, -0.05) is 237 Å². The Labute approximate surface area is 386 Å². The Morgan fingerprint density at radius 3 is 0.540 bits per heavy atom. The molecule has 8 heteroatoms. The van der Waals surface area contributed by atoms with E-state index in [0.29, 0.717) is 17.2 Å². The van der Waals surface area contributed by atoms with Crippen molar-refractivity contribution in [3.63, 3.8) is 0 Å². The summed E-state index contributed by atoms with van der Waals surface area (Å²) in [6, 6.07) is 93.2. The molecule has 314 valence electrons. The van der Waals surface area contributed by atoms with Crippen LogP contribution in [0.15, 0.2) is 273 Å². The molecule has 0 N–H and O–H groups in total. The van der Waals surface area contributed by atoms with Crippen LogP contribution in [0.1, 0.15) is 0 Å². The molecule has 4 nitrogen and oxygen atoms in total. The van der Waals surface area contributed by atoms with E-state index in [2.05, 4.69) is 189 Å². The maximum atomic E-state index is 7.50. The van der Waals surface area contributed by atoms with E-state index >= 15 is 0 Å². The fourth-order valence-electron chi connectivity index (χ4n) is 6.11. The van der Waals surface area contributed by atoms with Gasteiger partial charge in [-0.2, -0.15) is 0 Å². The Kier molecular flexibility index (Phi) is 21.1. The van der Waals surface area contributed by atoms with Crippen molar-refractivity contribution in [2.45, 2.75) is 0 Å². The molecule has 63 heavy (non-hydrogen) atoms. The molecule has 0 aliphatic carbocycles. The van der Waals surface area contributed by atoms with E-state index in [4.69, 9.17) is 18.4 Å². The summed E-state index contributed by atoms with van der Waals surface area (Å²) in [5.41, 5.74) is 0. The Morgan fingerprint density at radius 2 is 0.381 bits per heavy atom. The second-order valence-electron chi connectivity index (χ2n) is 13.1. The molecule has 9 aromatic rings. The molecule has 0 aromatic heterocycles. The average Bonchev–Trinajstić information content (AvgIpc) is 3.36. The minimum atomic E-state index is -1.59. The van der Waals surface area contributed by atoms with Crippen LogP contribution in [0, 0.1) is 0 Å². The molecule has 0 bridgehead atoms. The SMILES string of the molecule is [C]=O.[Ni].c1ccc(OP(Oc2ccccc2)Oc2ccccc2)cc1.c1ccc(P(c2ccccc2)c2ccccc2)cc1.c1ccc(P(c2ccccc2)c2ccccc2)cc1. The number of rotatable bonds is 12. The Bertz CT molecular complexity index is 2110. The molecule has 2 radical (unpaired) electrons. The molecule has 0 saturated carbocycles. The largest absolute Gasteiger partial charge is 0.530 e. The van der Waals surface area contributed by atoms with Crippen LogP contribution in [0.25, 0.3) is 0 Å². The fourth-order valence-corrected chi connectivity index (χ4v) is 11.7. The number of benzene rings is 9. The van der Waals surface area contributed by atoms with Gasteiger partial charge in [0, 0.05) is 16.5 Å². The zero-order chi connectivity index (χ0) is 42.9. The van der Waals surface area contributed by atoms with Gasteiger partial charge in [-0.25, -0.2) is 0 Å². The van der Waals surface area contributed by atoms with Gasteiger partial charge < -0.3 is 13.6 Å². The van der Waals surface area contributed by atoms with E-state index < -0.39 is 24.4 Å². The van der Waals surface area contributed by atoms with E-state index in [0.717, 1.165) is 0 Å². The maximum absolute atomic E-state index is 7.50. The van der Waals surface area contributed by atoms with Gasteiger partial charge in [0.1, 0.15) is 17.2 Å². The van der Waals surface area contributed by atoms with Crippen LogP contribution in [-0.2, 0) is 21.3 Å². The first-order valence-corrected chi connectivity index (χ1v) is 23.7. The number of para-hydroxylation sites is 3. The molecule has 0 spiro atoms. The third kappa shape index (κ3) is 15.6. The molecule has 0 fully saturated rings. The van der Waals surface area contributed by atoms with Gasteiger partial charge in [-0.3, -0.25) is 4.79 Å². The third-order valence-corrected chi connectivity index (χ3v) is 14.8. The summed E-state index contributed by atoms with van der Waals surface area (Å²) < 4.78 is 17.5. The standard InChI is InChI=1S/C18H15O3P.2C18H15P.CO.Ni/c1-4-10-16(11-5-1)19-22(20-17-12-6-2-7-13-17)21-18-14-8-3-9-15-18;2*1-4-10-16(11-5-1)19(17-12-6-2-7-13-17)18-14-8-3-9-15-18;1-2;/h1-15H;2*1-15H;;. The van der Waals surface area contributed by atoms with Crippen LogP contribution >= 0.6 is 24.4 Å². The molecule has 0 heterocycles. The molecule has 0 unspecified atom stereocenters. The normalized spacial score (nSPS) is 10.0. The Morgan fingerprint density at radius 1 is 0.238 bits per heavy atom. The molecule has 9 rings (SSSR count). The predicted molar refractivity (Wildman–Crippen MR) is 264 cm³/mol. The van der Waals surface area contributed by atoms with Crippen molar-refractivity contribution in [1.29, 1.82) is 0 Å². The smallest absolute Gasteiger partial charge is 0.409 e. The van der Waals surface area contributed by atoms with E-state index in [1.165, 1.54) is 31.8 Å². The Hall–Kier alpha value is -6.17. The second-order valence-corrected chi connectivity index (χ2v) is 18.6. The Balaban J connectivity index is 0.000000174. The number of carbonyl (C=O) groups excluding carboxylic acids is 1. The molecule has 0 amide bonds. The molecule has 0 aliphatic rings. The first-order valence-electron chi connectivity index (χ1n) is 19.9. The van der Waals surface area contributed by atoms with Crippen molar-refractivity contribution in [1.82, 2.24) is 0 Å². The van der Waals surface area contributed by atoms with Crippen LogP contribution in [0.4, 0.5) is 0 Å². The summed E-state index contributed by atoms with van der Waals surface area (Å²) in [6.07, 6.45) is 0. The van der Waals surface area contributed by atoms with Gasteiger partial charge in [0.05, 0.1) is 0 Å². The van der Waals surface area contributed by atoms with Crippen LogP contribution in [0.3, 0.4) is 0 Å². The van der Waals surface area contributed by atoms with Crippen molar-refractivity contribution in [3.05, 3.63) is 273 Å². The topological polar surface area (TPSA) is 44.8 Å². The van der Waals surface area contributed by atoms with Gasteiger partial charge in [0.2, 0.25) is 0 Å². The quantitative estimate of drug-likeness (QED) is 0.0905. The summed E-state index contributed by atoms with van der Waals surface area (Å²) in [4.78, 5) is 7.50. The van der Waals surface area contributed by atoms with Gasteiger partial charge in [0.25, 0.3) is 6.79 Å². The van der Waals surface area contributed by atoms with Crippen LogP contribution in [0.2, 0.25) is 0 Å². The second kappa shape index (κ2) is 27.7. The maximum Gasteiger partial charge on any atom is 0.530 e. The van der Waals surface area contributed by atoms with Crippen LogP contribution < -0.4 is 45.4 Å². The van der Waals surface area contributed by atoms with Crippen molar-refractivity contribution >= 4 is 63.1 Å². The summed E-state index contributed by atoms with van der Waals surface area (Å²) in [6.45, 7) is 4.50. The molecule has 0 saturated heterocycles. The van der Waals surface area contributed by atoms with E-state index in [1.54, 1.807) is 0 Å². The molecule has 0 aliphatic heterocycles. The minimum absolute atomic E-state index is 0. The molecular formula is C55H45NiO4P3. The summed E-state index contributed by atoms with van der Waals surface area (Å²) in [7, 11) is -2.48. The van der Waals surface area contributed by atoms with Crippen molar-refractivity contribution in [3.8, 4) is 17.2 Å². The predicted octanol–water partition coefficient (Wildman–Crippen LogP) is 11.9. The van der Waals surface area contributed by atoms with Gasteiger partial charge >= 0.3 is 8.60 Å². The van der Waals surface area contributed by atoms with Crippen LogP contribution in [0.5, 0.6) is 17.2 Å². The third-order valence-electron chi connectivity index (χ3n) is 8.86. The summed E-state index contributed by atoms with van der Waals surface area (Å²) in [5, 5.41) is 8.39. The van der Waals surface area contributed by atoms with E-state index in [1.807, 2.05) is 91.0 Å². The monoisotopic (exact) mass is 920 g/mol. The summed E-state index contributed by atoms with van der Waals surface area (Å²) >= 11 is 0. The minimum Gasteiger partial charge on any atom is -0.409 e. The zero-order valence-electron chi connectivity index (χ0n) is 34.3. The van der Waals surface area contributed by atoms with Gasteiger partial charge in [-0.15, -0.1) is 0 Å². The summed E-state index contributed by atoms with van der Waals surface area (Å²) in [5.74, 6) is 2.13. The molecule has 0 atom stereocenters. The van der Waals surface area contributed by atoms with E-state index in [9.17, 15) is 0 Å². The fraction of sp³-hybridized carbons (Fsp3) is 0. The van der Waals surface area contributed by atoms with Crippen LogP contribution in [-0.4, -0.2) is 6.79 Å². The van der Waals surface area contributed by atoms with Crippen molar-refractivity contribution < 1.29 is 34.9 Å². The first-order chi connectivity index (χ1) is 30.8. The molecular weight excluding hydrogens is 876 g/mol. The van der Waals surface area contributed by atoms with Gasteiger partial charge in [-0.05, 0) is 84.1 Å². The van der Waals surface area contributed by atoms with Gasteiger partial charge in [0.15, 0.2) is 0 Å². The first kappa shape index (κ1) is 47.9. The van der Waals surface area contributed by atoms with Crippen molar-refractivity contribution in [2.75, 3.05) is 0 Å². The van der Waals surface area contributed by atoms with Crippen molar-refractivity contribution in [2.24, 2.45) is 0 Å². The zero-order valence-corrected chi connectivity index (χ0v) is 37.9. The van der Waals surface area contributed by atoms with E-state index in [-0.39, 0.29) is 16.5 Å². The average molecular weight is 922 g/mol. The number of hydrogen-bond acceptors (Lipinski definition) is 4.